The van der Waals surface area contributed by atoms with Gasteiger partial charge in [0.05, 0.1) is 24.9 Å². The summed E-state index contributed by atoms with van der Waals surface area (Å²) in [4.78, 5) is 26.3. The summed E-state index contributed by atoms with van der Waals surface area (Å²) in [5.74, 6) is -0.436. The molecule has 152 valence electrons. The summed E-state index contributed by atoms with van der Waals surface area (Å²) < 4.78 is 12.7. The van der Waals surface area contributed by atoms with Gasteiger partial charge in [-0.05, 0) is 55.0 Å². The number of nitrogens with one attached hydrogen (secondary N) is 1. The fourth-order valence-corrected chi connectivity index (χ4v) is 4.76. The first-order valence-corrected chi connectivity index (χ1v) is 10.1. The van der Waals surface area contributed by atoms with Crippen molar-refractivity contribution in [2.75, 3.05) is 13.2 Å². The molecular formula is C22H24N2O5. The number of aliphatic hydroxyl groups excluding tert-OH is 1. The second-order valence-corrected chi connectivity index (χ2v) is 8.06. The first kappa shape index (κ1) is 18.5. The van der Waals surface area contributed by atoms with E-state index >= 15 is 0 Å². The van der Waals surface area contributed by atoms with Gasteiger partial charge < -0.3 is 19.9 Å². The molecule has 0 unspecified atom stereocenters. The van der Waals surface area contributed by atoms with Crippen LogP contribution in [0, 0.1) is 6.92 Å². The predicted molar refractivity (Wildman–Crippen MR) is 106 cm³/mol. The van der Waals surface area contributed by atoms with Gasteiger partial charge in [-0.1, -0.05) is 12.1 Å². The normalized spacial score (nSPS) is 27.7. The molecule has 2 N–H and O–H groups in total. The monoisotopic (exact) mass is 396 g/mol. The number of aliphatic hydroxyl groups is 1. The number of hydrogen-bond acceptors (Lipinski definition) is 5. The molecule has 0 saturated carbocycles. The van der Waals surface area contributed by atoms with Gasteiger partial charge in [0.15, 0.2) is 0 Å². The first-order valence-electron chi connectivity index (χ1n) is 10.1. The van der Waals surface area contributed by atoms with Crippen LogP contribution in [0.2, 0.25) is 0 Å². The van der Waals surface area contributed by atoms with E-state index in [4.69, 9.17) is 9.47 Å². The molecule has 5 rings (SSSR count). The van der Waals surface area contributed by atoms with Crippen molar-refractivity contribution in [3.63, 3.8) is 0 Å². The van der Waals surface area contributed by atoms with Crippen LogP contribution >= 0.6 is 0 Å². The quantitative estimate of drug-likeness (QED) is 0.804. The molecule has 2 saturated heterocycles. The van der Waals surface area contributed by atoms with Crippen molar-refractivity contribution in [1.82, 2.24) is 9.88 Å². The fourth-order valence-electron chi connectivity index (χ4n) is 4.76. The number of rotatable bonds is 3. The molecule has 2 aromatic rings. The minimum absolute atomic E-state index is 0.130. The molecule has 29 heavy (non-hydrogen) atoms. The van der Waals surface area contributed by atoms with Crippen LogP contribution < -0.4 is 10.9 Å². The van der Waals surface area contributed by atoms with E-state index in [-0.39, 0.29) is 24.3 Å². The Hall–Kier alpha value is -2.48. The van der Waals surface area contributed by atoms with Crippen LogP contribution in [0.25, 0.3) is 5.69 Å². The van der Waals surface area contributed by atoms with Crippen LogP contribution in [0.15, 0.2) is 35.3 Å². The lowest BCUT2D eigenvalue weighted by atomic mass is 10.1. The second kappa shape index (κ2) is 7.09. The lowest BCUT2D eigenvalue weighted by Gasteiger charge is -2.19. The van der Waals surface area contributed by atoms with E-state index in [1.807, 2.05) is 12.1 Å². The van der Waals surface area contributed by atoms with Crippen LogP contribution in [0.1, 0.15) is 33.5 Å². The van der Waals surface area contributed by atoms with Crippen LogP contribution in [0.4, 0.5) is 0 Å². The molecule has 0 spiro atoms. The molecule has 1 aromatic carbocycles. The summed E-state index contributed by atoms with van der Waals surface area (Å²) in [5, 5.41) is 12.8. The molecule has 1 aliphatic carbocycles. The molecule has 1 aromatic heterocycles. The molecule has 0 bridgehead atoms. The van der Waals surface area contributed by atoms with Gasteiger partial charge in [-0.15, -0.1) is 0 Å². The Kier molecular flexibility index (Phi) is 4.53. The zero-order valence-corrected chi connectivity index (χ0v) is 16.3. The molecule has 3 aliphatic rings. The number of carbonyl (C=O) groups excluding carboxylic acids is 1. The number of aryl methyl sites for hydroxylation is 2. The Bertz CT molecular complexity index is 1030. The van der Waals surface area contributed by atoms with Crippen LogP contribution in [0.3, 0.4) is 0 Å². The topological polar surface area (TPSA) is 89.8 Å². The van der Waals surface area contributed by atoms with E-state index in [1.54, 1.807) is 23.8 Å². The van der Waals surface area contributed by atoms with Crippen LogP contribution in [-0.4, -0.2) is 53.1 Å². The number of carbonyl (C=O) groups is 1. The van der Waals surface area contributed by atoms with Crippen molar-refractivity contribution in [2.45, 2.75) is 50.5 Å². The summed E-state index contributed by atoms with van der Waals surface area (Å²) in [5.41, 5.74) is 3.73. The molecule has 1 amide bonds. The largest absolute Gasteiger partial charge is 0.388 e. The maximum Gasteiger partial charge on any atom is 0.268 e. The van der Waals surface area contributed by atoms with E-state index < -0.39 is 30.3 Å². The average molecular weight is 396 g/mol. The van der Waals surface area contributed by atoms with E-state index in [9.17, 15) is 14.7 Å². The molecule has 2 aliphatic heterocycles. The summed E-state index contributed by atoms with van der Waals surface area (Å²) in [6.07, 6.45) is 3.28. The SMILES string of the molecule is Cc1ccn(-c2cccc3c2CCC3)c(=O)c1C(=O)N[C@@H]1CO[C@H]2[C@@H]1OC[C@H]2O. The smallest absolute Gasteiger partial charge is 0.268 e. The number of pyridine rings is 1. The number of hydrogen-bond donors (Lipinski definition) is 2. The van der Waals surface area contributed by atoms with Gasteiger partial charge in [-0.3, -0.25) is 14.2 Å². The second-order valence-electron chi connectivity index (χ2n) is 8.06. The molecule has 4 atom stereocenters. The molecule has 7 heteroatoms. The number of benzene rings is 1. The number of amides is 1. The van der Waals surface area contributed by atoms with Gasteiger partial charge in [0, 0.05) is 6.20 Å². The summed E-state index contributed by atoms with van der Waals surface area (Å²) in [6, 6.07) is 7.41. The fraction of sp³-hybridized carbons (Fsp3) is 0.455. The summed E-state index contributed by atoms with van der Waals surface area (Å²) >= 11 is 0. The number of fused-ring (bicyclic) bond motifs is 2. The Morgan fingerprint density at radius 1 is 1.17 bits per heavy atom. The average Bonchev–Trinajstić information content (AvgIpc) is 3.41. The molecule has 7 nitrogen and oxygen atoms in total. The van der Waals surface area contributed by atoms with Crippen molar-refractivity contribution in [3.8, 4) is 5.69 Å². The van der Waals surface area contributed by atoms with Crippen molar-refractivity contribution < 1.29 is 19.4 Å². The van der Waals surface area contributed by atoms with Crippen molar-refractivity contribution in [3.05, 3.63) is 63.1 Å². The minimum Gasteiger partial charge on any atom is -0.388 e. The highest BCUT2D eigenvalue weighted by molar-refractivity contribution is 5.95. The van der Waals surface area contributed by atoms with Crippen molar-refractivity contribution in [1.29, 1.82) is 0 Å². The van der Waals surface area contributed by atoms with Crippen LogP contribution in [-0.2, 0) is 22.3 Å². The highest BCUT2D eigenvalue weighted by atomic mass is 16.6. The first-order chi connectivity index (χ1) is 14.0. The molecular weight excluding hydrogens is 372 g/mol. The zero-order chi connectivity index (χ0) is 20.1. The van der Waals surface area contributed by atoms with E-state index in [0.29, 0.717) is 5.56 Å². The Morgan fingerprint density at radius 2 is 2.00 bits per heavy atom. The van der Waals surface area contributed by atoms with E-state index in [0.717, 1.165) is 24.9 Å². The third-order valence-corrected chi connectivity index (χ3v) is 6.25. The van der Waals surface area contributed by atoms with Gasteiger partial charge in [-0.2, -0.15) is 0 Å². The van der Waals surface area contributed by atoms with Crippen molar-refractivity contribution >= 4 is 5.91 Å². The maximum atomic E-state index is 13.3. The third-order valence-electron chi connectivity index (χ3n) is 6.25. The van der Waals surface area contributed by atoms with Gasteiger partial charge >= 0.3 is 0 Å². The van der Waals surface area contributed by atoms with Crippen LogP contribution in [0.5, 0.6) is 0 Å². The highest BCUT2D eigenvalue weighted by Gasteiger charge is 2.47. The van der Waals surface area contributed by atoms with E-state index in [2.05, 4.69) is 11.4 Å². The van der Waals surface area contributed by atoms with Gasteiger partial charge in [0.25, 0.3) is 11.5 Å². The minimum atomic E-state index is -0.683. The van der Waals surface area contributed by atoms with Gasteiger partial charge in [0.1, 0.15) is 23.9 Å². The standard InChI is InChI=1S/C22H24N2O5/c1-12-8-9-24(16-7-3-5-13-4-2-6-14(13)16)22(27)18(12)21(26)23-15-10-28-20-17(25)11-29-19(15)20/h3,5,7-9,15,17,19-20,25H,2,4,6,10-11H2,1H3,(H,23,26)/t15-,17-,19-,20-/m1/s1. The number of nitrogens with zero attached hydrogens (tertiary/aromatic N) is 1. The van der Waals surface area contributed by atoms with Gasteiger partial charge in [0.2, 0.25) is 0 Å². The van der Waals surface area contributed by atoms with E-state index in [1.165, 1.54) is 11.1 Å². The number of aromatic nitrogens is 1. The predicted octanol–water partition coefficient (Wildman–Crippen LogP) is 0.892. The zero-order valence-electron chi connectivity index (χ0n) is 16.3. The summed E-state index contributed by atoms with van der Waals surface area (Å²) in [6.45, 7) is 2.21. The lowest BCUT2D eigenvalue weighted by molar-refractivity contribution is 0.0178. The van der Waals surface area contributed by atoms with Gasteiger partial charge in [-0.25, -0.2) is 0 Å². The third kappa shape index (κ3) is 3.01. The molecule has 0 radical (unpaired) electrons. The van der Waals surface area contributed by atoms with Crippen molar-refractivity contribution in [2.24, 2.45) is 0 Å². The molecule has 2 fully saturated rings. The Labute approximate surface area is 168 Å². The Morgan fingerprint density at radius 3 is 2.86 bits per heavy atom. The lowest BCUT2D eigenvalue weighted by Crippen LogP contribution is -2.46. The molecule has 3 heterocycles. The Balaban J connectivity index is 1.47. The maximum absolute atomic E-state index is 13.3. The highest BCUT2D eigenvalue weighted by Crippen LogP contribution is 2.28. The summed E-state index contributed by atoms with van der Waals surface area (Å²) in [7, 11) is 0. The number of ether oxygens (including phenoxy) is 2.